The largest absolute Gasteiger partial charge is 0.481 e. The first-order chi connectivity index (χ1) is 16.3. The normalized spacial score (nSPS) is 18.6. The molecule has 0 radical (unpaired) electrons. The van der Waals surface area contributed by atoms with Gasteiger partial charge >= 0.3 is 11.9 Å². The predicted octanol–water partition coefficient (Wildman–Crippen LogP) is -3.34. The number of aliphatic hydroxyl groups is 1. The number of aliphatic carboxylic acids is 2. The Hall–Kier alpha value is -3.46. The fourth-order valence-electron chi connectivity index (χ4n) is 3.54. The molecule has 15 nitrogen and oxygen atoms in total. The van der Waals surface area contributed by atoms with Crippen LogP contribution in [0.4, 0.5) is 0 Å². The molecule has 15 heteroatoms. The first-order valence-electron chi connectivity index (χ1n) is 11.2. The van der Waals surface area contributed by atoms with Crippen molar-refractivity contribution in [1.29, 1.82) is 0 Å². The van der Waals surface area contributed by atoms with Gasteiger partial charge in [-0.2, -0.15) is 0 Å². The van der Waals surface area contributed by atoms with E-state index in [1.165, 1.54) is 6.92 Å². The highest BCUT2D eigenvalue weighted by molar-refractivity contribution is 5.94. The van der Waals surface area contributed by atoms with Crippen LogP contribution < -0.4 is 27.8 Å². The molecule has 1 aliphatic rings. The molecule has 35 heavy (non-hydrogen) atoms. The van der Waals surface area contributed by atoms with Crippen LogP contribution in [0.3, 0.4) is 0 Å². The smallest absolute Gasteiger partial charge is 0.326 e. The van der Waals surface area contributed by atoms with Crippen molar-refractivity contribution in [3.05, 3.63) is 0 Å². The van der Waals surface area contributed by atoms with Gasteiger partial charge in [0.25, 0.3) is 0 Å². The number of nitrogens with two attached hydrogens (primary N) is 3. The van der Waals surface area contributed by atoms with Gasteiger partial charge < -0.3 is 48.1 Å². The molecule has 0 aromatic carbocycles. The minimum absolute atomic E-state index is 0.0299. The maximum atomic E-state index is 13.1. The first-order valence-corrected chi connectivity index (χ1v) is 11.2. The highest BCUT2D eigenvalue weighted by Crippen LogP contribution is 2.20. The molecule has 0 spiro atoms. The van der Waals surface area contributed by atoms with Crippen LogP contribution in [0.15, 0.2) is 4.99 Å². The van der Waals surface area contributed by atoms with Gasteiger partial charge in [0, 0.05) is 19.5 Å². The zero-order chi connectivity index (χ0) is 26.7. The van der Waals surface area contributed by atoms with Crippen LogP contribution in [0.1, 0.15) is 45.4 Å². The van der Waals surface area contributed by atoms with E-state index in [1.54, 1.807) is 0 Å². The van der Waals surface area contributed by atoms with Gasteiger partial charge in [-0.25, -0.2) is 4.79 Å². The summed E-state index contributed by atoms with van der Waals surface area (Å²) in [6.45, 7) is 1.59. The Bertz CT molecular complexity index is 815. The molecule has 1 rings (SSSR count). The van der Waals surface area contributed by atoms with E-state index in [4.69, 9.17) is 22.3 Å². The molecule has 0 saturated carbocycles. The SMILES string of the molecule is C[C@@H](O)[C@H](N)C(=O)N[C@@H](CCCN=C(N)N)C(=O)N[C@@H](CCC(=O)O)C(=O)N1CCC[C@H]1C(=O)O. The van der Waals surface area contributed by atoms with Crippen LogP contribution in [0.2, 0.25) is 0 Å². The number of carboxylic acid groups (broad SMARTS) is 2. The van der Waals surface area contributed by atoms with E-state index < -0.39 is 66.4 Å². The second-order valence-electron chi connectivity index (χ2n) is 8.30. The van der Waals surface area contributed by atoms with E-state index >= 15 is 0 Å². The van der Waals surface area contributed by atoms with Crippen molar-refractivity contribution in [3.8, 4) is 0 Å². The molecule has 3 amide bonds. The van der Waals surface area contributed by atoms with E-state index in [0.717, 1.165) is 4.90 Å². The Morgan fingerprint density at radius 3 is 2.23 bits per heavy atom. The zero-order valence-electron chi connectivity index (χ0n) is 19.6. The number of hydrogen-bond donors (Lipinski definition) is 8. The number of rotatable bonds is 14. The summed E-state index contributed by atoms with van der Waals surface area (Å²) in [5.74, 6) is -4.93. The summed E-state index contributed by atoms with van der Waals surface area (Å²) in [6.07, 6.45) is -0.983. The summed E-state index contributed by atoms with van der Waals surface area (Å²) in [5, 5.41) is 32.8. The minimum Gasteiger partial charge on any atom is -0.481 e. The van der Waals surface area contributed by atoms with Crippen molar-refractivity contribution in [2.75, 3.05) is 13.1 Å². The van der Waals surface area contributed by atoms with Gasteiger partial charge in [-0.05, 0) is 39.0 Å². The summed E-state index contributed by atoms with van der Waals surface area (Å²) in [4.78, 5) is 65.9. The molecule has 0 unspecified atom stereocenters. The van der Waals surface area contributed by atoms with E-state index in [2.05, 4.69) is 15.6 Å². The lowest BCUT2D eigenvalue weighted by molar-refractivity contribution is -0.150. The molecule has 0 bridgehead atoms. The lowest BCUT2D eigenvalue weighted by atomic mass is 10.1. The highest BCUT2D eigenvalue weighted by Gasteiger charge is 2.38. The number of hydrogen-bond acceptors (Lipinski definition) is 8. The number of nitrogens with zero attached hydrogens (tertiary/aromatic N) is 2. The minimum atomic E-state index is -1.33. The second-order valence-corrected chi connectivity index (χ2v) is 8.30. The number of guanidine groups is 1. The number of carbonyl (C=O) groups is 5. The molecule has 1 fully saturated rings. The predicted molar refractivity (Wildman–Crippen MR) is 123 cm³/mol. The van der Waals surface area contributed by atoms with E-state index in [-0.39, 0.29) is 44.7 Å². The number of carboxylic acids is 2. The van der Waals surface area contributed by atoms with Crippen LogP contribution in [0.25, 0.3) is 0 Å². The summed E-state index contributed by atoms with van der Waals surface area (Å²) in [5.41, 5.74) is 16.2. The lowest BCUT2D eigenvalue weighted by Gasteiger charge is -2.29. The third-order valence-corrected chi connectivity index (χ3v) is 5.48. The van der Waals surface area contributed by atoms with Gasteiger partial charge in [0.2, 0.25) is 17.7 Å². The van der Waals surface area contributed by atoms with Crippen molar-refractivity contribution < 1.29 is 39.3 Å². The molecule has 198 valence electrons. The van der Waals surface area contributed by atoms with Crippen LogP contribution in [-0.4, -0.2) is 99.2 Å². The van der Waals surface area contributed by atoms with Crippen molar-refractivity contribution in [3.63, 3.8) is 0 Å². The van der Waals surface area contributed by atoms with Crippen molar-refractivity contribution in [1.82, 2.24) is 15.5 Å². The third-order valence-electron chi connectivity index (χ3n) is 5.48. The van der Waals surface area contributed by atoms with Crippen molar-refractivity contribution in [2.45, 2.75) is 75.7 Å². The molecule has 0 aromatic heterocycles. The monoisotopic (exact) mass is 501 g/mol. The lowest BCUT2D eigenvalue weighted by Crippen LogP contribution is -2.58. The summed E-state index contributed by atoms with van der Waals surface area (Å²) in [7, 11) is 0. The number of carbonyl (C=O) groups excluding carboxylic acids is 3. The van der Waals surface area contributed by atoms with Gasteiger partial charge in [-0.15, -0.1) is 0 Å². The molecule has 0 aromatic rings. The van der Waals surface area contributed by atoms with Crippen LogP contribution in [-0.2, 0) is 24.0 Å². The van der Waals surface area contributed by atoms with Gasteiger partial charge in [-0.3, -0.25) is 24.2 Å². The number of aliphatic hydroxyl groups excluding tert-OH is 1. The topological polar surface area (TPSA) is 264 Å². The highest BCUT2D eigenvalue weighted by atomic mass is 16.4. The molecule has 1 saturated heterocycles. The van der Waals surface area contributed by atoms with Gasteiger partial charge in [-0.1, -0.05) is 0 Å². The number of nitrogens with one attached hydrogen (secondary N) is 2. The van der Waals surface area contributed by atoms with Gasteiger partial charge in [0.05, 0.1) is 6.10 Å². The second kappa shape index (κ2) is 14.1. The molecular weight excluding hydrogens is 466 g/mol. The average molecular weight is 502 g/mol. The standard InChI is InChI=1S/C20H35N7O8/c1-10(28)15(21)17(32)25-11(4-2-8-24-20(22)23)16(31)26-12(6-7-14(29)30)18(33)27-9-3-5-13(27)19(34)35/h10-13,15,28H,2-9,21H2,1H3,(H,25,32)(H,26,31)(H,29,30)(H,34,35)(H4,22,23,24)/t10-,11+,12+,13+,15+/m1/s1. The molecule has 1 aliphatic heterocycles. The summed E-state index contributed by atoms with van der Waals surface area (Å²) in [6, 6.07) is -4.95. The maximum Gasteiger partial charge on any atom is 0.326 e. The fourth-order valence-corrected chi connectivity index (χ4v) is 3.54. The first kappa shape index (κ1) is 29.6. The van der Waals surface area contributed by atoms with Crippen molar-refractivity contribution in [2.24, 2.45) is 22.2 Å². The van der Waals surface area contributed by atoms with Gasteiger partial charge in [0.1, 0.15) is 24.2 Å². The number of aliphatic imine (C=N–C) groups is 1. The Balaban J connectivity index is 3.06. The van der Waals surface area contributed by atoms with Gasteiger partial charge in [0.15, 0.2) is 5.96 Å². The molecular formula is C20H35N7O8. The van der Waals surface area contributed by atoms with E-state index in [9.17, 15) is 34.2 Å². The fraction of sp³-hybridized carbons (Fsp3) is 0.700. The molecule has 11 N–H and O–H groups in total. The quantitative estimate of drug-likeness (QED) is 0.0662. The molecule has 5 atom stereocenters. The van der Waals surface area contributed by atoms with Crippen LogP contribution >= 0.6 is 0 Å². The summed E-state index contributed by atoms with van der Waals surface area (Å²) >= 11 is 0. The summed E-state index contributed by atoms with van der Waals surface area (Å²) < 4.78 is 0. The van der Waals surface area contributed by atoms with Crippen LogP contribution in [0.5, 0.6) is 0 Å². The molecule has 0 aliphatic carbocycles. The maximum absolute atomic E-state index is 13.1. The number of amides is 3. The Kier molecular flexibility index (Phi) is 11.9. The van der Waals surface area contributed by atoms with Crippen LogP contribution in [0, 0.1) is 0 Å². The average Bonchev–Trinajstić information content (AvgIpc) is 3.27. The van der Waals surface area contributed by atoms with Crippen molar-refractivity contribution >= 4 is 35.6 Å². The third kappa shape index (κ3) is 9.74. The molecule has 1 heterocycles. The Labute approximate surface area is 202 Å². The van der Waals surface area contributed by atoms with E-state index in [1.807, 2.05) is 0 Å². The van der Waals surface area contributed by atoms with E-state index in [0.29, 0.717) is 6.42 Å². The zero-order valence-corrected chi connectivity index (χ0v) is 19.6. The number of likely N-dealkylation sites (tertiary alicyclic amines) is 1. The Morgan fingerprint density at radius 1 is 1.06 bits per heavy atom. The Morgan fingerprint density at radius 2 is 1.69 bits per heavy atom.